The number of hydrogen-bond donors (Lipinski definition) is 12. The van der Waals surface area contributed by atoms with Crippen LogP contribution in [-0.2, 0) is 33.2 Å². The molecule has 0 aromatic carbocycles. The Bertz CT molecular complexity index is 1560. The number of allylic oxidation sites excluding steroid dienone is 3. The van der Waals surface area contributed by atoms with E-state index >= 15 is 0 Å². The largest absolute Gasteiger partial charge is 0.394 e. The second-order valence-corrected chi connectivity index (χ2v) is 22.9. The van der Waals surface area contributed by atoms with Gasteiger partial charge in [0, 0.05) is 6.42 Å². The number of amides is 1. The Hall–Kier alpha value is -1.73. The quantitative estimate of drug-likeness (QED) is 0.0234. The van der Waals surface area contributed by atoms with Gasteiger partial charge < -0.3 is 89.9 Å². The number of nitrogens with one attached hydrogen (secondary N) is 1. The van der Waals surface area contributed by atoms with Crippen LogP contribution in [0.25, 0.3) is 0 Å². The molecule has 12 N–H and O–H groups in total. The van der Waals surface area contributed by atoms with Crippen molar-refractivity contribution in [2.24, 2.45) is 0 Å². The van der Waals surface area contributed by atoms with Crippen molar-refractivity contribution in [2.45, 2.75) is 330 Å². The fourth-order valence-electron chi connectivity index (χ4n) is 10.8. The standard InChI is InChI=1S/C61H113NO18/c1-3-5-7-9-11-13-15-17-19-21-23-24-26-28-30-32-34-36-38-45(66)44(62-49(67)39-37-35-33-31-29-27-25-22-20-18-16-14-12-10-8-6-4-2)43-75-59-55(73)52(70)57(47(41-64)77-59)80-61-56(74)53(71)58(48(42-65)78-61)79-60-54(72)51(69)50(68)46(40-63)76-60/h28,30,36,38,44-48,50-61,63-66,68-74H,3-27,29,31-35,37,39-43H2,1-2H3,(H,62,67)/b30-28+,38-36+. The van der Waals surface area contributed by atoms with Crippen LogP contribution in [0.5, 0.6) is 0 Å². The van der Waals surface area contributed by atoms with Crippen LogP contribution in [0.15, 0.2) is 24.3 Å². The zero-order chi connectivity index (χ0) is 58.3. The molecule has 0 radical (unpaired) electrons. The van der Waals surface area contributed by atoms with E-state index < -0.39 is 124 Å². The van der Waals surface area contributed by atoms with Gasteiger partial charge in [-0.05, 0) is 32.1 Å². The molecule has 0 aromatic rings. The molecule has 0 bridgehead atoms. The molecule has 0 aromatic heterocycles. The maximum Gasteiger partial charge on any atom is 0.220 e. The molecule has 470 valence electrons. The summed E-state index contributed by atoms with van der Waals surface area (Å²) in [7, 11) is 0. The second kappa shape index (κ2) is 44.7. The minimum absolute atomic E-state index is 0.240. The Morgan fingerprint density at radius 1 is 0.438 bits per heavy atom. The average molecular weight is 1150 g/mol. The third kappa shape index (κ3) is 28.0. The molecule has 3 saturated heterocycles. The zero-order valence-electron chi connectivity index (χ0n) is 49.1. The highest BCUT2D eigenvalue weighted by molar-refractivity contribution is 5.76. The van der Waals surface area contributed by atoms with Gasteiger partial charge in [-0.1, -0.05) is 212 Å². The molecular formula is C61H113NO18. The lowest BCUT2D eigenvalue weighted by atomic mass is 9.96. The molecular weight excluding hydrogens is 1030 g/mol. The van der Waals surface area contributed by atoms with Crippen molar-refractivity contribution in [2.75, 3.05) is 26.4 Å². The van der Waals surface area contributed by atoms with Crippen molar-refractivity contribution in [1.29, 1.82) is 0 Å². The van der Waals surface area contributed by atoms with Gasteiger partial charge in [0.1, 0.15) is 73.2 Å². The van der Waals surface area contributed by atoms with Crippen molar-refractivity contribution in [3.8, 4) is 0 Å². The number of carbonyl (C=O) groups excluding carboxylic acids is 1. The first-order valence-electron chi connectivity index (χ1n) is 31.6. The third-order valence-corrected chi connectivity index (χ3v) is 16.0. The number of carbonyl (C=O) groups is 1. The molecule has 1 amide bonds. The van der Waals surface area contributed by atoms with Gasteiger partial charge in [0.2, 0.25) is 5.91 Å². The molecule has 17 unspecified atom stereocenters. The molecule has 3 rings (SSSR count). The molecule has 3 heterocycles. The summed E-state index contributed by atoms with van der Waals surface area (Å²) < 4.78 is 34.3. The van der Waals surface area contributed by atoms with Gasteiger partial charge in [0.15, 0.2) is 18.9 Å². The first kappa shape index (κ1) is 72.5. The average Bonchev–Trinajstić information content (AvgIpc) is 3.50. The highest BCUT2D eigenvalue weighted by atomic mass is 16.8. The van der Waals surface area contributed by atoms with Gasteiger partial charge in [-0.25, -0.2) is 0 Å². The Labute approximate surface area is 479 Å². The van der Waals surface area contributed by atoms with Crippen LogP contribution in [0.3, 0.4) is 0 Å². The predicted molar refractivity (Wildman–Crippen MR) is 305 cm³/mol. The summed E-state index contributed by atoms with van der Waals surface area (Å²) in [5, 5.41) is 120. The summed E-state index contributed by atoms with van der Waals surface area (Å²) in [6, 6.07) is -0.985. The third-order valence-electron chi connectivity index (χ3n) is 16.0. The lowest BCUT2D eigenvalue weighted by molar-refractivity contribution is -0.379. The number of aliphatic hydroxyl groups excluding tert-OH is 11. The minimum atomic E-state index is -1.98. The normalized spacial score (nSPS) is 30.1. The Morgan fingerprint density at radius 2 is 0.800 bits per heavy atom. The van der Waals surface area contributed by atoms with E-state index in [0.717, 1.165) is 38.5 Å². The Kier molecular flexibility index (Phi) is 40.5. The van der Waals surface area contributed by atoms with E-state index in [9.17, 15) is 61.0 Å². The van der Waals surface area contributed by atoms with Crippen molar-refractivity contribution >= 4 is 5.91 Å². The van der Waals surface area contributed by atoms with Crippen LogP contribution in [-0.4, -0.2) is 193 Å². The highest BCUT2D eigenvalue weighted by Gasteiger charge is 2.53. The van der Waals surface area contributed by atoms with Crippen LogP contribution in [0, 0.1) is 0 Å². The molecule has 17 atom stereocenters. The summed E-state index contributed by atoms with van der Waals surface area (Å²) in [5.74, 6) is -0.283. The Morgan fingerprint density at radius 3 is 1.25 bits per heavy atom. The first-order valence-corrected chi connectivity index (χ1v) is 31.6. The van der Waals surface area contributed by atoms with Crippen LogP contribution in [0.1, 0.15) is 226 Å². The molecule has 3 fully saturated rings. The smallest absolute Gasteiger partial charge is 0.220 e. The topological polar surface area (TPSA) is 307 Å². The van der Waals surface area contributed by atoms with Crippen LogP contribution < -0.4 is 5.32 Å². The van der Waals surface area contributed by atoms with Crippen LogP contribution >= 0.6 is 0 Å². The highest BCUT2D eigenvalue weighted by Crippen LogP contribution is 2.33. The molecule has 3 aliphatic rings. The van der Waals surface area contributed by atoms with Crippen molar-refractivity contribution < 1.29 is 89.4 Å². The van der Waals surface area contributed by atoms with Crippen molar-refractivity contribution in [3.05, 3.63) is 24.3 Å². The number of ether oxygens (including phenoxy) is 6. The number of rotatable bonds is 47. The summed E-state index contributed by atoms with van der Waals surface area (Å²) in [6.45, 7) is 1.72. The number of hydrogen-bond acceptors (Lipinski definition) is 18. The molecule has 0 saturated carbocycles. The predicted octanol–water partition coefficient (Wildman–Crippen LogP) is 6.32. The van der Waals surface area contributed by atoms with Crippen LogP contribution in [0.4, 0.5) is 0 Å². The summed E-state index contributed by atoms with van der Waals surface area (Å²) in [4.78, 5) is 13.3. The zero-order valence-corrected chi connectivity index (χ0v) is 49.1. The van der Waals surface area contributed by atoms with Gasteiger partial charge in [-0.3, -0.25) is 4.79 Å². The Balaban J connectivity index is 1.50. The van der Waals surface area contributed by atoms with E-state index in [0.29, 0.717) is 12.8 Å². The van der Waals surface area contributed by atoms with E-state index in [1.807, 2.05) is 6.08 Å². The molecule has 0 aliphatic carbocycles. The maximum absolute atomic E-state index is 13.3. The number of aliphatic hydroxyl groups is 11. The summed E-state index contributed by atoms with van der Waals surface area (Å²) in [6.07, 6.45) is 20.1. The van der Waals surface area contributed by atoms with E-state index in [2.05, 4.69) is 31.3 Å². The van der Waals surface area contributed by atoms with E-state index in [4.69, 9.17) is 28.4 Å². The second-order valence-electron chi connectivity index (χ2n) is 22.9. The van der Waals surface area contributed by atoms with E-state index in [1.165, 1.54) is 154 Å². The van der Waals surface area contributed by atoms with Gasteiger partial charge >= 0.3 is 0 Å². The SMILES string of the molecule is CCCCCCCCCCCCCC/C=C/CC/C=C/C(O)C(COC1OC(CO)C(OC2OC(CO)C(OC3OC(CO)C(O)C(O)C3O)C(O)C2O)C(O)C1O)NC(=O)CCCCCCCCCCCCCCCCCCC. The van der Waals surface area contributed by atoms with E-state index in [-0.39, 0.29) is 18.9 Å². The summed E-state index contributed by atoms with van der Waals surface area (Å²) in [5.41, 5.74) is 0. The maximum atomic E-state index is 13.3. The minimum Gasteiger partial charge on any atom is -0.394 e. The molecule has 3 aliphatic heterocycles. The monoisotopic (exact) mass is 1150 g/mol. The van der Waals surface area contributed by atoms with Gasteiger partial charge in [-0.2, -0.15) is 0 Å². The molecule has 80 heavy (non-hydrogen) atoms. The fraction of sp³-hybridized carbons (Fsp3) is 0.918. The summed E-state index contributed by atoms with van der Waals surface area (Å²) >= 11 is 0. The van der Waals surface area contributed by atoms with Crippen molar-refractivity contribution in [3.63, 3.8) is 0 Å². The van der Waals surface area contributed by atoms with Crippen LogP contribution in [0.2, 0.25) is 0 Å². The van der Waals surface area contributed by atoms with Gasteiger partial charge in [0.05, 0.1) is 38.6 Å². The molecule has 19 heteroatoms. The number of unbranched alkanes of at least 4 members (excludes halogenated alkanes) is 29. The van der Waals surface area contributed by atoms with E-state index in [1.54, 1.807) is 6.08 Å². The molecule has 19 nitrogen and oxygen atoms in total. The van der Waals surface area contributed by atoms with Gasteiger partial charge in [0.25, 0.3) is 0 Å². The first-order chi connectivity index (χ1) is 38.8. The van der Waals surface area contributed by atoms with Gasteiger partial charge in [-0.15, -0.1) is 0 Å². The lowest BCUT2D eigenvalue weighted by Gasteiger charge is -2.48. The molecule has 0 spiro atoms. The fourth-order valence-corrected chi connectivity index (χ4v) is 10.8. The lowest BCUT2D eigenvalue weighted by Crippen LogP contribution is -2.66. The van der Waals surface area contributed by atoms with Crippen molar-refractivity contribution in [1.82, 2.24) is 5.32 Å².